The second-order valence-corrected chi connectivity index (χ2v) is 7.83. The zero-order valence-electron chi connectivity index (χ0n) is 14.7. The Kier molecular flexibility index (Phi) is 4.74. The lowest BCUT2D eigenvalue weighted by molar-refractivity contribution is -0.115. The first-order valence-corrected chi connectivity index (χ1v) is 9.67. The maximum absolute atomic E-state index is 12.1. The van der Waals surface area contributed by atoms with Crippen molar-refractivity contribution in [1.29, 1.82) is 0 Å². The van der Waals surface area contributed by atoms with Gasteiger partial charge in [0.2, 0.25) is 0 Å². The van der Waals surface area contributed by atoms with E-state index in [-0.39, 0.29) is 23.0 Å². The van der Waals surface area contributed by atoms with Crippen LogP contribution in [0.1, 0.15) is 29.5 Å². The van der Waals surface area contributed by atoms with Gasteiger partial charge in [-0.1, -0.05) is 37.0 Å². The molecule has 28 heavy (non-hydrogen) atoms. The summed E-state index contributed by atoms with van der Waals surface area (Å²) in [6.45, 7) is 1.74. The molecule has 3 heterocycles. The van der Waals surface area contributed by atoms with Gasteiger partial charge in [0, 0.05) is 35.8 Å². The van der Waals surface area contributed by atoms with Crippen LogP contribution in [0.2, 0.25) is 0 Å². The fourth-order valence-electron chi connectivity index (χ4n) is 2.93. The summed E-state index contributed by atoms with van der Waals surface area (Å²) in [6, 6.07) is 6.62. The fourth-order valence-corrected chi connectivity index (χ4v) is 3.95. The number of phenolic OH excluding ortho intramolecular Hbond substituents is 1. The van der Waals surface area contributed by atoms with Gasteiger partial charge in [-0.05, 0) is 23.8 Å². The number of Topliss-reactive ketones (excluding diaryl/α,β-unsaturated/α-hetero) is 1. The quantitative estimate of drug-likeness (QED) is 0.377. The normalized spacial score (nSPS) is 15.4. The summed E-state index contributed by atoms with van der Waals surface area (Å²) in [5.41, 5.74) is 2.23. The van der Waals surface area contributed by atoms with Gasteiger partial charge in [0.1, 0.15) is 21.4 Å². The number of carbonyl (C=O) groups is 2. The summed E-state index contributed by atoms with van der Waals surface area (Å²) < 4.78 is 6.36. The summed E-state index contributed by atoms with van der Waals surface area (Å²) >= 11 is 6.17. The Morgan fingerprint density at radius 1 is 1.36 bits per heavy atom. The van der Waals surface area contributed by atoms with Crippen molar-refractivity contribution in [2.24, 2.45) is 0 Å². The number of thiocarbonyl (C=S) groups is 1. The van der Waals surface area contributed by atoms with Crippen molar-refractivity contribution in [3.8, 4) is 16.9 Å². The molecule has 1 fully saturated rings. The molecule has 1 saturated heterocycles. The average Bonchev–Trinajstić information content (AvgIpc) is 3.23. The fraction of sp³-hybridized carbons (Fsp3) is 0.100. The van der Waals surface area contributed by atoms with E-state index >= 15 is 0 Å². The molecule has 4 rings (SSSR count). The highest BCUT2D eigenvalue weighted by atomic mass is 32.2. The Hall–Kier alpha value is -2.97. The van der Waals surface area contributed by atoms with E-state index in [1.54, 1.807) is 43.6 Å². The van der Waals surface area contributed by atoms with Crippen LogP contribution in [0.15, 0.2) is 46.0 Å². The lowest BCUT2D eigenvalue weighted by Crippen LogP contribution is -2.17. The molecule has 0 unspecified atom stereocenters. The highest BCUT2D eigenvalue weighted by molar-refractivity contribution is 8.26. The second kappa shape index (κ2) is 7.21. The molecule has 0 spiro atoms. The standard InChI is InChI=1S/C20H14N2O4S2/c1-2-15(23)13-6-10(3-4-16(13)24)14-9-21-8-11-5-12(26-18(11)14)7-17-19(25)22-20(27)28-17/h3-9,24H,2H2,1H3,(H,22,25,27)/b17-7+. The van der Waals surface area contributed by atoms with Gasteiger partial charge in [-0.3, -0.25) is 14.6 Å². The number of phenols is 1. The number of rotatable bonds is 4. The van der Waals surface area contributed by atoms with Gasteiger partial charge in [-0.2, -0.15) is 0 Å². The number of benzene rings is 1. The van der Waals surface area contributed by atoms with Gasteiger partial charge in [-0.25, -0.2) is 0 Å². The SMILES string of the molecule is CCC(=O)c1cc(-c2cncc3cc(/C=C4/SC(=S)NC4=O)oc23)ccc1O. The molecule has 0 aliphatic carbocycles. The van der Waals surface area contributed by atoms with Gasteiger partial charge in [-0.15, -0.1) is 0 Å². The van der Waals surface area contributed by atoms with E-state index in [0.29, 0.717) is 38.1 Å². The summed E-state index contributed by atoms with van der Waals surface area (Å²) in [5.74, 6) is 0.0377. The van der Waals surface area contributed by atoms with Gasteiger partial charge < -0.3 is 14.8 Å². The van der Waals surface area contributed by atoms with Crippen LogP contribution >= 0.6 is 24.0 Å². The van der Waals surface area contributed by atoms with E-state index in [0.717, 1.165) is 5.39 Å². The number of nitrogens with zero attached hydrogens (tertiary/aromatic N) is 1. The first-order valence-electron chi connectivity index (χ1n) is 8.45. The molecule has 1 aliphatic heterocycles. The average molecular weight is 410 g/mol. The van der Waals surface area contributed by atoms with Gasteiger partial charge in [0.05, 0.1) is 10.5 Å². The van der Waals surface area contributed by atoms with Crippen molar-refractivity contribution in [2.45, 2.75) is 13.3 Å². The van der Waals surface area contributed by atoms with Crippen LogP contribution in [0.5, 0.6) is 5.75 Å². The molecular weight excluding hydrogens is 396 g/mol. The molecule has 1 aromatic carbocycles. The second-order valence-electron chi connectivity index (χ2n) is 6.12. The molecule has 8 heteroatoms. The molecule has 0 bridgehead atoms. The third-order valence-corrected chi connectivity index (χ3v) is 5.45. The smallest absolute Gasteiger partial charge is 0.263 e. The van der Waals surface area contributed by atoms with Crippen molar-refractivity contribution >= 4 is 57.0 Å². The van der Waals surface area contributed by atoms with Crippen molar-refractivity contribution in [2.75, 3.05) is 0 Å². The van der Waals surface area contributed by atoms with Crippen LogP contribution < -0.4 is 5.32 Å². The minimum absolute atomic E-state index is 0.0548. The molecule has 0 saturated carbocycles. The predicted molar refractivity (Wildman–Crippen MR) is 112 cm³/mol. The number of furan rings is 1. The van der Waals surface area contributed by atoms with Crippen LogP contribution in [-0.2, 0) is 4.79 Å². The number of carbonyl (C=O) groups excluding carboxylic acids is 2. The zero-order valence-corrected chi connectivity index (χ0v) is 16.3. The first kappa shape index (κ1) is 18.4. The van der Waals surface area contributed by atoms with Crippen LogP contribution in [0.3, 0.4) is 0 Å². The molecule has 2 aromatic heterocycles. The molecular formula is C20H14N2O4S2. The topological polar surface area (TPSA) is 92.4 Å². The Labute approximate surface area is 169 Å². The van der Waals surface area contributed by atoms with E-state index in [9.17, 15) is 14.7 Å². The molecule has 0 radical (unpaired) electrons. The van der Waals surface area contributed by atoms with E-state index in [1.165, 1.54) is 17.8 Å². The number of hydrogen-bond acceptors (Lipinski definition) is 7. The molecule has 1 aliphatic rings. The van der Waals surface area contributed by atoms with E-state index in [4.69, 9.17) is 16.6 Å². The molecule has 1 amide bonds. The predicted octanol–water partition coefficient (Wildman–Crippen LogP) is 4.28. The Bertz CT molecular complexity index is 1180. The third-order valence-electron chi connectivity index (χ3n) is 4.29. The van der Waals surface area contributed by atoms with Crippen LogP contribution in [0, 0.1) is 0 Å². The van der Waals surface area contributed by atoms with Crippen molar-refractivity contribution in [3.63, 3.8) is 0 Å². The van der Waals surface area contributed by atoms with Gasteiger partial charge >= 0.3 is 0 Å². The molecule has 2 N–H and O–H groups in total. The Balaban J connectivity index is 1.80. The largest absolute Gasteiger partial charge is 0.507 e. The maximum atomic E-state index is 12.1. The lowest BCUT2D eigenvalue weighted by Gasteiger charge is -2.07. The van der Waals surface area contributed by atoms with Crippen molar-refractivity contribution < 1.29 is 19.1 Å². The lowest BCUT2D eigenvalue weighted by atomic mass is 10.00. The van der Waals surface area contributed by atoms with Crippen molar-refractivity contribution in [3.05, 3.63) is 52.9 Å². The molecule has 140 valence electrons. The monoisotopic (exact) mass is 410 g/mol. The van der Waals surface area contributed by atoms with Crippen molar-refractivity contribution in [1.82, 2.24) is 10.3 Å². The molecule has 0 atom stereocenters. The van der Waals surface area contributed by atoms with Gasteiger partial charge in [0.15, 0.2) is 5.78 Å². The summed E-state index contributed by atoms with van der Waals surface area (Å²) in [6.07, 6.45) is 5.22. The number of pyridine rings is 1. The molecule has 3 aromatic rings. The zero-order chi connectivity index (χ0) is 19.8. The minimum atomic E-state index is -0.255. The van der Waals surface area contributed by atoms with Crippen LogP contribution in [0.4, 0.5) is 0 Å². The highest BCUT2D eigenvalue weighted by Crippen LogP contribution is 2.34. The molecule has 6 nitrogen and oxygen atoms in total. The first-order chi connectivity index (χ1) is 13.5. The summed E-state index contributed by atoms with van der Waals surface area (Å²) in [4.78, 5) is 28.6. The van der Waals surface area contributed by atoms with Crippen LogP contribution in [0.25, 0.3) is 28.2 Å². The minimum Gasteiger partial charge on any atom is -0.507 e. The number of aromatic hydroxyl groups is 1. The van der Waals surface area contributed by atoms with E-state index in [2.05, 4.69) is 10.3 Å². The number of hydrogen-bond donors (Lipinski definition) is 2. The maximum Gasteiger partial charge on any atom is 0.263 e. The highest BCUT2D eigenvalue weighted by Gasteiger charge is 2.23. The number of amides is 1. The van der Waals surface area contributed by atoms with E-state index in [1.807, 2.05) is 0 Å². The summed E-state index contributed by atoms with van der Waals surface area (Å²) in [5, 5.41) is 13.3. The Morgan fingerprint density at radius 3 is 2.89 bits per heavy atom. The van der Waals surface area contributed by atoms with E-state index < -0.39 is 0 Å². The number of ketones is 1. The number of thioether (sulfide) groups is 1. The number of aromatic nitrogens is 1. The third kappa shape index (κ3) is 3.32. The number of nitrogens with one attached hydrogen (secondary N) is 1. The van der Waals surface area contributed by atoms with Crippen LogP contribution in [-0.4, -0.2) is 26.1 Å². The Morgan fingerprint density at radius 2 is 2.18 bits per heavy atom. The number of fused-ring (bicyclic) bond motifs is 1. The summed E-state index contributed by atoms with van der Waals surface area (Å²) in [7, 11) is 0. The van der Waals surface area contributed by atoms with Gasteiger partial charge in [0.25, 0.3) is 5.91 Å².